The summed E-state index contributed by atoms with van der Waals surface area (Å²) in [4.78, 5) is 34.4. The van der Waals surface area contributed by atoms with Crippen LogP contribution in [0, 0.1) is 6.92 Å². The first-order chi connectivity index (χ1) is 10.9. The summed E-state index contributed by atoms with van der Waals surface area (Å²) < 4.78 is 6.06. The zero-order valence-electron chi connectivity index (χ0n) is 12.5. The molecule has 8 heteroatoms. The van der Waals surface area contributed by atoms with Crippen LogP contribution in [0.15, 0.2) is 22.7 Å². The van der Waals surface area contributed by atoms with Crippen molar-refractivity contribution >= 4 is 39.4 Å². The van der Waals surface area contributed by atoms with Crippen molar-refractivity contribution in [1.29, 1.82) is 0 Å². The van der Waals surface area contributed by atoms with Crippen molar-refractivity contribution in [2.45, 2.75) is 32.0 Å². The average molecular weight is 385 g/mol. The van der Waals surface area contributed by atoms with E-state index in [0.717, 1.165) is 10.0 Å². The predicted octanol–water partition coefficient (Wildman–Crippen LogP) is 1.44. The van der Waals surface area contributed by atoms with Crippen LogP contribution in [0.5, 0.6) is 0 Å². The van der Waals surface area contributed by atoms with Gasteiger partial charge in [0.2, 0.25) is 11.8 Å². The third-order valence-electron chi connectivity index (χ3n) is 3.45. The molecule has 0 spiro atoms. The van der Waals surface area contributed by atoms with Gasteiger partial charge < -0.3 is 20.5 Å². The van der Waals surface area contributed by atoms with Gasteiger partial charge in [0, 0.05) is 10.2 Å². The number of carbonyl (C=O) groups excluding carboxylic acids is 2. The van der Waals surface area contributed by atoms with Crippen molar-refractivity contribution in [2.75, 3.05) is 11.9 Å². The van der Waals surface area contributed by atoms with Gasteiger partial charge in [-0.2, -0.15) is 0 Å². The standard InChI is InChI=1S/C15H17BrN2O5/c1-8-6-9(2-3-10(8)16)18-13(19)7-17-14(20)11-4-5-12(23-11)15(21)22/h2-3,6,11-12H,4-5,7H2,1H3,(H,17,20)(H,18,19)(H,21,22)/t11-,12+/m0/s1. The molecule has 2 atom stereocenters. The number of hydrogen-bond acceptors (Lipinski definition) is 4. The number of rotatable bonds is 5. The molecule has 1 heterocycles. The van der Waals surface area contributed by atoms with E-state index >= 15 is 0 Å². The monoisotopic (exact) mass is 384 g/mol. The summed E-state index contributed by atoms with van der Waals surface area (Å²) in [6, 6.07) is 5.37. The molecule has 1 fully saturated rings. The lowest BCUT2D eigenvalue weighted by molar-refractivity contribution is -0.152. The van der Waals surface area contributed by atoms with Crippen LogP contribution in [0.2, 0.25) is 0 Å². The van der Waals surface area contributed by atoms with E-state index < -0.39 is 24.1 Å². The number of benzene rings is 1. The molecule has 2 rings (SSSR count). The number of aryl methyl sites for hydroxylation is 1. The number of carboxylic acid groups (broad SMARTS) is 1. The normalized spacial score (nSPS) is 20.1. The number of carboxylic acids is 1. The summed E-state index contributed by atoms with van der Waals surface area (Å²) in [5, 5.41) is 13.9. The Bertz CT molecular complexity index is 634. The molecule has 0 aromatic heterocycles. The van der Waals surface area contributed by atoms with Gasteiger partial charge in [-0.1, -0.05) is 15.9 Å². The van der Waals surface area contributed by atoms with Gasteiger partial charge in [0.25, 0.3) is 0 Å². The fourth-order valence-corrected chi connectivity index (χ4v) is 2.47. The Hall–Kier alpha value is -1.93. The van der Waals surface area contributed by atoms with E-state index in [9.17, 15) is 14.4 Å². The molecule has 1 aliphatic rings. The molecule has 0 saturated carbocycles. The lowest BCUT2D eigenvalue weighted by Gasteiger charge is -2.12. The number of amides is 2. The highest BCUT2D eigenvalue weighted by atomic mass is 79.9. The Labute approximate surface area is 141 Å². The summed E-state index contributed by atoms with van der Waals surface area (Å²) in [6.45, 7) is 1.70. The Morgan fingerprint density at radius 3 is 2.61 bits per heavy atom. The van der Waals surface area contributed by atoms with Crippen molar-refractivity contribution in [1.82, 2.24) is 5.32 Å². The topological polar surface area (TPSA) is 105 Å². The molecule has 1 aliphatic heterocycles. The molecule has 1 aromatic carbocycles. The van der Waals surface area contributed by atoms with Crippen molar-refractivity contribution in [3.05, 3.63) is 28.2 Å². The minimum atomic E-state index is -1.08. The Morgan fingerprint density at radius 2 is 2.00 bits per heavy atom. The maximum atomic E-state index is 11.9. The second kappa shape index (κ2) is 7.56. The van der Waals surface area contributed by atoms with Gasteiger partial charge >= 0.3 is 5.97 Å². The molecule has 1 aromatic rings. The van der Waals surface area contributed by atoms with E-state index in [2.05, 4.69) is 26.6 Å². The Morgan fingerprint density at radius 1 is 1.30 bits per heavy atom. The quantitative estimate of drug-likeness (QED) is 0.712. The fourth-order valence-electron chi connectivity index (χ4n) is 2.22. The first kappa shape index (κ1) is 17.4. The highest BCUT2D eigenvalue weighted by Gasteiger charge is 2.34. The molecule has 0 radical (unpaired) electrons. The number of carbonyl (C=O) groups is 3. The van der Waals surface area contributed by atoms with Crippen molar-refractivity contribution in [2.24, 2.45) is 0 Å². The molecule has 0 bridgehead atoms. The smallest absolute Gasteiger partial charge is 0.332 e. The lowest BCUT2D eigenvalue weighted by Crippen LogP contribution is -2.39. The van der Waals surface area contributed by atoms with Crippen molar-refractivity contribution in [3.63, 3.8) is 0 Å². The minimum Gasteiger partial charge on any atom is -0.479 e. The second-order valence-corrected chi connectivity index (χ2v) is 6.11. The zero-order valence-corrected chi connectivity index (χ0v) is 14.1. The number of nitrogens with one attached hydrogen (secondary N) is 2. The number of halogens is 1. The van der Waals surface area contributed by atoms with Crippen LogP contribution in [0.25, 0.3) is 0 Å². The Balaban J connectivity index is 1.79. The van der Waals surface area contributed by atoms with E-state index in [-0.39, 0.29) is 18.9 Å². The first-order valence-corrected chi connectivity index (χ1v) is 7.88. The number of ether oxygens (including phenoxy) is 1. The fraction of sp³-hybridized carbons (Fsp3) is 0.400. The zero-order chi connectivity index (χ0) is 17.0. The van der Waals surface area contributed by atoms with Crippen LogP contribution in [0.3, 0.4) is 0 Å². The summed E-state index contributed by atoms with van der Waals surface area (Å²) in [5.74, 6) is -1.92. The van der Waals surface area contributed by atoms with E-state index in [0.29, 0.717) is 12.1 Å². The first-order valence-electron chi connectivity index (χ1n) is 7.09. The second-order valence-electron chi connectivity index (χ2n) is 5.26. The lowest BCUT2D eigenvalue weighted by atomic mass is 10.2. The SMILES string of the molecule is Cc1cc(NC(=O)CNC(=O)[C@@H]2CC[C@H](C(=O)O)O2)ccc1Br. The summed E-state index contributed by atoms with van der Waals surface area (Å²) in [7, 11) is 0. The van der Waals surface area contributed by atoms with Crippen LogP contribution in [-0.2, 0) is 19.1 Å². The largest absolute Gasteiger partial charge is 0.479 e. The van der Waals surface area contributed by atoms with E-state index in [4.69, 9.17) is 9.84 Å². The highest BCUT2D eigenvalue weighted by molar-refractivity contribution is 9.10. The summed E-state index contributed by atoms with van der Waals surface area (Å²) >= 11 is 3.37. The van der Waals surface area contributed by atoms with Gasteiger partial charge in [-0.15, -0.1) is 0 Å². The molecular weight excluding hydrogens is 368 g/mol. The molecule has 124 valence electrons. The van der Waals surface area contributed by atoms with Gasteiger partial charge in [-0.05, 0) is 43.5 Å². The van der Waals surface area contributed by atoms with E-state index in [1.54, 1.807) is 12.1 Å². The minimum absolute atomic E-state index is 0.203. The van der Waals surface area contributed by atoms with Crippen LogP contribution in [0.4, 0.5) is 5.69 Å². The predicted molar refractivity (Wildman–Crippen MR) is 86.0 cm³/mol. The molecule has 23 heavy (non-hydrogen) atoms. The van der Waals surface area contributed by atoms with Gasteiger partial charge in [-0.25, -0.2) is 4.79 Å². The third kappa shape index (κ3) is 4.77. The van der Waals surface area contributed by atoms with Crippen LogP contribution >= 0.6 is 15.9 Å². The third-order valence-corrected chi connectivity index (χ3v) is 4.34. The molecule has 2 amide bonds. The maximum absolute atomic E-state index is 11.9. The van der Waals surface area contributed by atoms with Crippen molar-refractivity contribution < 1.29 is 24.2 Å². The molecule has 0 unspecified atom stereocenters. The average Bonchev–Trinajstić information content (AvgIpc) is 2.99. The van der Waals surface area contributed by atoms with Crippen molar-refractivity contribution in [3.8, 4) is 0 Å². The van der Waals surface area contributed by atoms with Gasteiger partial charge in [0.15, 0.2) is 6.10 Å². The van der Waals surface area contributed by atoms with Crippen LogP contribution < -0.4 is 10.6 Å². The number of hydrogen-bond donors (Lipinski definition) is 3. The summed E-state index contributed by atoms with van der Waals surface area (Å²) in [6.07, 6.45) is -1.15. The number of aliphatic carboxylic acids is 1. The Kier molecular flexibility index (Phi) is 5.73. The van der Waals surface area contributed by atoms with E-state index in [1.807, 2.05) is 13.0 Å². The van der Waals surface area contributed by atoms with Crippen LogP contribution in [0.1, 0.15) is 18.4 Å². The maximum Gasteiger partial charge on any atom is 0.332 e. The molecular formula is C15H17BrN2O5. The van der Waals surface area contributed by atoms with E-state index in [1.165, 1.54) is 0 Å². The molecule has 7 nitrogen and oxygen atoms in total. The van der Waals surface area contributed by atoms with Gasteiger partial charge in [0.1, 0.15) is 6.10 Å². The highest BCUT2D eigenvalue weighted by Crippen LogP contribution is 2.20. The molecule has 0 aliphatic carbocycles. The molecule has 3 N–H and O–H groups in total. The van der Waals surface area contributed by atoms with Gasteiger partial charge in [0.05, 0.1) is 6.54 Å². The van der Waals surface area contributed by atoms with Gasteiger partial charge in [-0.3, -0.25) is 9.59 Å². The summed E-state index contributed by atoms with van der Waals surface area (Å²) in [5.41, 5.74) is 1.61. The molecule has 1 saturated heterocycles. The number of anilines is 1. The van der Waals surface area contributed by atoms with Crippen LogP contribution in [-0.4, -0.2) is 41.6 Å².